The van der Waals surface area contributed by atoms with Gasteiger partial charge in [0.15, 0.2) is 0 Å². The minimum atomic E-state index is -0.439. The molecule has 1 rings (SSSR count). The molecule has 1 saturated heterocycles. The fraction of sp³-hybridized carbons (Fsp3) is 0.636. The van der Waals surface area contributed by atoms with Crippen LogP contribution in [0.15, 0.2) is 12.7 Å². The van der Waals surface area contributed by atoms with Crippen LogP contribution in [0.2, 0.25) is 0 Å². The molecule has 0 aromatic rings. The lowest BCUT2D eigenvalue weighted by molar-refractivity contribution is -0.122. The van der Waals surface area contributed by atoms with E-state index >= 15 is 0 Å². The lowest BCUT2D eigenvalue weighted by Crippen LogP contribution is -2.47. The Labute approximate surface area is 94.7 Å². The van der Waals surface area contributed by atoms with Crippen LogP contribution >= 0.6 is 0 Å². The molecule has 16 heavy (non-hydrogen) atoms. The Morgan fingerprint density at radius 3 is 3.06 bits per heavy atom. The maximum atomic E-state index is 11.6. The van der Waals surface area contributed by atoms with Gasteiger partial charge in [-0.3, -0.25) is 4.79 Å². The van der Waals surface area contributed by atoms with E-state index in [1.54, 1.807) is 0 Å². The van der Waals surface area contributed by atoms with Crippen LogP contribution < -0.4 is 0 Å². The van der Waals surface area contributed by atoms with Crippen molar-refractivity contribution in [3.8, 4) is 0 Å². The lowest BCUT2D eigenvalue weighted by atomic mass is 9.99. The summed E-state index contributed by atoms with van der Waals surface area (Å²) in [6.45, 7) is 3.95. The lowest BCUT2D eigenvalue weighted by Gasteiger charge is -2.33. The topological polar surface area (TPSA) is 66.8 Å². The second kappa shape index (κ2) is 6.27. The highest BCUT2D eigenvalue weighted by atomic mass is 16.6. The molecule has 0 aromatic heterocycles. The molecule has 5 nitrogen and oxygen atoms in total. The van der Waals surface area contributed by atoms with E-state index in [9.17, 15) is 9.59 Å². The molecular weight excluding hydrogens is 210 g/mol. The van der Waals surface area contributed by atoms with E-state index in [1.165, 1.54) is 11.0 Å². The Morgan fingerprint density at radius 1 is 1.69 bits per heavy atom. The van der Waals surface area contributed by atoms with Gasteiger partial charge in [-0.25, -0.2) is 4.79 Å². The van der Waals surface area contributed by atoms with Gasteiger partial charge in [-0.15, -0.1) is 0 Å². The molecule has 1 amide bonds. The van der Waals surface area contributed by atoms with Crippen molar-refractivity contribution in [3.63, 3.8) is 0 Å². The number of aliphatic hydroxyl groups excluding tert-OH is 1. The molecule has 1 aliphatic heterocycles. The first-order chi connectivity index (χ1) is 7.69. The predicted molar refractivity (Wildman–Crippen MR) is 58.0 cm³/mol. The number of hydrogen-bond acceptors (Lipinski definition) is 4. The maximum Gasteiger partial charge on any atom is 0.410 e. The number of nitrogens with zero attached hydrogens (tertiary/aromatic N) is 1. The van der Waals surface area contributed by atoms with Gasteiger partial charge in [-0.2, -0.15) is 0 Å². The average Bonchev–Trinajstić information content (AvgIpc) is 2.26. The van der Waals surface area contributed by atoms with Gasteiger partial charge in [0.25, 0.3) is 0 Å². The summed E-state index contributed by atoms with van der Waals surface area (Å²) in [6.07, 6.45) is 2.14. The maximum absolute atomic E-state index is 11.6. The second-order valence-electron chi connectivity index (χ2n) is 3.72. The smallest absolute Gasteiger partial charge is 0.410 e. The highest BCUT2D eigenvalue weighted by molar-refractivity contribution is 5.82. The normalized spacial score (nSPS) is 20.7. The van der Waals surface area contributed by atoms with E-state index in [4.69, 9.17) is 9.84 Å². The van der Waals surface area contributed by atoms with Gasteiger partial charge in [0.05, 0.1) is 0 Å². The number of Topliss-reactive ketones (excluding diaryl/α,β-unsaturated/α-hetero) is 1. The van der Waals surface area contributed by atoms with Crippen molar-refractivity contribution in [1.29, 1.82) is 0 Å². The third-order valence-corrected chi connectivity index (χ3v) is 2.56. The van der Waals surface area contributed by atoms with Crippen molar-refractivity contribution in [2.24, 2.45) is 0 Å². The third-order valence-electron chi connectivity index (χ3n) is 2.56. The van der Waals surface area contributed by atoms with Crippen molar-refractivity contribution in [3.05, 3.63) is 12.7 Å². The molecule has 1 unspecified atom stereocenters. The molecule has 1 N–H and O–H groups in total. The second-order valence-corrected chi connectivity index (χ2v) is 3.72. The fourth-order valence-electron chi connectivity index (χ4n) is 1.76. The number of amides is 1. The highest BCUT2D eigenvalue weighted by Gasteiger charge is 2.30. The average molecular weight is 227 g/mol. The summed E-state index contributed by atoms with van der Waals surface area (Å²) in [5, 5.41) is 8.87. The van der Waals surface area contributed by atoms with Crippen LogP contribution in [0, 0.1) is 0 Å². The predicted octanol–water partition coefficient (Wildman–Crippen LogP) is 0.725. The van der Waals surface area contributed by atoms with Crippen molar-refractivity contribution in [2.45, 2.75) is 25.3 Å². The molecule has 0 radical (unpaired) electrons. The largest absolute Gasteiger partial charge is 0.445 e. The minimum Gasteiger partial charge on any atom is -0.445 e. The van der Waals surface area contributed by atoms with E-state index in [1.807, 2.05) is 0 Å². The first-order valence-corrected chi connectivity index (χ1v) is 5.36. The van der Waals surface area contributed by atoms with Crippen LogP contribution in [0.5, 0.6) is 0 Å². The quantitative estimate of drug-likeness (QED) is 0.719. The molecule has 1 aliphatic rings. The number of ether oxygens (including phenoxy) is 1. The molecule has 0 saturated carbocycles. The summed E-state index contributed by atoms with van der Waals surface area (Å²) in [7, 11) is 0. The molecule has 0 bridgehead atoms. The molecule has 1 atom stereocenters. The molecule has 0 aliphatic carbocycles. The van der Waals surface area contributed by atoms with Gasteiger partial charge >= 0.3 is 6.09 Å². The van der Waals surface area contributed by atoms with E-state index in [0.717, 1.165) is 0 Å². The Morgan fingerprint density at radius 2 is 2.44 bits per heavy atom. The summed E-state index contributed by atoms with van der Waals surface area (Å²) in [6, 6.07) is -0.233. The summed E-state index contributed by atoms with van der Waals surface area (Å²) in [5.74, 6) is 0.131. The molecule has 1 heterocycles. The van der Waals surface area contributed by atoms with Gasteiger partial charge in [0, 0.05) is 32.0 Å². The number of rotatable bonds is 4. The van der Waals surface area contributed by atoms with Crippen LogP contribution in [0.4, 0.5) is 4.79 Å². The molecule has 0 spiro atoms. The number of likely N-dealkylation sites (tertiary alicyclic amines) is 1. The number of carbonyl (C=O) groups is 2. The van der Waals surface area contributed by atoms with Crippen LogP contribution in [-0.4, -0.2) is 47.7 Å². The zero-order valence-electron chi connectivity index (χ0n) is 9.22. The van der Waals surface area contributed by atoms with E-state index in [2.05, 4.69) is 6.58 Å². The van der Waals surface area contributed by atoms with Crippen molar-refractivity contribution < 1.29 is 19.4 Å². The van der Waals surface area contributed by atoms with Crippen LogP contribution in [0.25, 0.3) is 0 Å². The summed E-state index contributed by atoms with van der Waals surface area (Å²) >= 11 is 0. The van der Waals surface area contributed by atoms with Gasteiger partial charge in [-0.05, 0) is 6.42 Å². The molecular formula is C11H17NO4. The van der Waals surface area contributed by atoms with Crippen LogP contribution in [0.3, 0.4) is 0 Å². The molecule has 0 aromatic carbocycles. The zero-order valence-corrected chi connectivity index (χ0v) is 9.22. The van der Waals surface area contributed by atoms with Crippen LogP contribution in [0.1, 0.15) is 19.3 Å². The highest BCUT2D eigenvalue weighted by Crippen LogP contribution is 2.18. The van der Waals surface area contributed by atoms with E-state index < -0.39 is 6.09 Å². The molecule has 1 fully saturated rings. The number of hydrogen-bond donors (Lipinski definition) is 1. The summed E-state index contributed by atoms with van der Waals surface area (Å²) < 4.78 is 4.92. The van der Waals surface area contributed by atoms with E-state index in [0.29, 0.717) is 25.8 Å². The minimum absolute atomic E-state index is 0.0385. The van der Waals surface area contributed by atoms with Gasteiger partial charge in [0.1, 0.15) is 12.4 Å². The number of carbonyl (C=O) groups excluding carboxylic acids is 2. The first-order valence-electron chi connectivity index (χ1n) is 5.36. The third kappa shape index (κ3) is 3.34. The Hall–Kier alpha value is -1.36. The number of piperidine rings is 1. The summed E-state index contributed by atoms with van der Waals surface area (Å²) in [5.41, 5.74) is 0. The van der Waals surface area contributed by atoms with Crippen molar-refractivity contribution in [2.75, 3.05) is 19.8 Å². The van der Waals surface area contributed by atoms with Gasteiger partial charge < -0.3 is 14.7 Å². The van der Waals surface area contributed by atoms with E-state index in [-0.39, 0.29) is 25.0 Å². The monoisotopic (exact) mass is 227 g/mol. The zero-order chi connectivity index (χ0) is 12.0. The number of ketones is 1. The SMILES string of the molecule is C=CCOC(=O)N1CCC(=O)CC1CCO. The molecule has 90 valence electrons. The van der Waals surface area contributed by atoms with Gasteiger partial charge in [0.2, 0.25) is 0 Å². The molecule has 5 heteroatoms. The number of aliphatic hydroxyl groups is 1. The fourth-order valence-corrected chi connectivity index (χ4v) is 1.76. The van der Waals surface area contributed by atoms with Crippen LogP contribution in [-0.2, 0) is 9.53 Å². The van der Waals surface area contributed by atoms with Crippen molar-refractivity contribution >= 4 is 11.9 Å². The summed E-state index contributed by atoms with van der Waals surface area (Å²) in [4.78, 5) is 24.4. The first kappa shape index (κ1) is 12.7. The van der Waals surface area contributed by atoms with Crippen molar-refractivity contribution in [1.82, 2.24) is 4.90 Å². The Kier molecular flexibility index (Phi) is 4.98. The standard InChI is InChI=1S/C11H17NO4/c1-2-7-16-11(15)12-5-3-10(14)8-9(12)4-6-13/h2,9,13H,1,3-8H2. The van der Waals surface area contributed by atoms with Gasteiger partial charge in [-0.1, -0.05) is 12.7 Å². The Bertz CT molecular complexity index is 277. The Balaban J connectivity index is 2.56.